The summed E-state index contributed by atoms with van der Waals surface area (Å²) in [5.41, 5.74) is 5.60. The van der Waals surface area contributed by atoms with E-state index in [1.807, 2.05) is 12.3 Å². The number of allylic oxidation sites excluding steroid dienone is 1. The molecule has 0 bridgehead atoms. The first-order valence-electron chi connectivity index (χ1n) is 6.77. The third kappa shape index (κ3) is 4.61. The van der Waals surface area contributed by atoms with Gasteiger partial charge in [0.2, 0.25) is 5.84 Å². The number of amidine groups is 1. The van der Waals surface area contributed by atoms with Crippen LogP contribution in [0.3, 0.4) is 0 Å². The van der Waals surface area contributed by atoms with Crippen molar-refractivity contribution in [1.29, 1.82) is 0 Å². The highest BCUT2D eigenvalue weighted by molar-refractivity contribution is 5.80. The number of rotatable bonds is 10. The minimum absolute atomic E-state index is 0.0841. The number of carbonyl (C=O) groups excluding carboxylic acids is 1. The van der Waals surface area contributed by atoms with Gasteiger partial charge in [-0.1, -0.05) is 12.5 Å². The molecule has 0 radical (unpaired) electrons. The normalized spacial score (nSPS) is 21.4. The number of aliphatic imine (C=N–C) groups is 1. The molecule has 0 aromatic heterocycles. The molecule has 5 heteroatoms. The molecule has 0 amide bonds. The average Bonchev–Trinajstić information content (AvgIpc) is 2.71. The monoisotopic (exact) mass is 265 g/mol. The quantitative estimate of drug-likeness (QED) is 0.355. The van der Waals surface area contributed by atoms with Crippen LogP contribution in [0.2, 0.25) is 0 Å². The number of carbonyl (C=O) groups is 1. The average molecular weight is 265 g/mol. The van der Waals surface area contributed by atoms with E-state index in [0.717, 1.165) is 37.9 Å². The number of carboxylic acid groups (broad SMARTS) is 1. The lowest BCUT2D eigenvalue weighted by Gasteiger charge is -2.32. The van der Waals surface area contributed by atoms with Crippen LogP contribution in [0.1, 0.15) is 32.1 Å². The zero-order valence-electron chi connectivity index (χ0n) is 11.4. The van der Waals surface area contributed by atoms with Gasteiger partial charge in [0.25, 0.3) is 0 Å². The molecule has 1 unspecified atom stereocenters. The Morgan fingerprint density at radius 2 is 2.26 bits per heavy atom. The number of hydrogen-bond acceptors (Lipinski definition) is 4. The summed E-state index contributed by atoms with van der Waals surface area (Å²) in [4.78, 5) is 15.2. The lowest BCUT2D eigenvalue weighted by molar-refractivity contribution is -0.780. The Balaban J connectivity index is 2.55. The van der Waals surface area contributed by atoms with Gasteiger partial charge in [-0.2, -0.15) is 0 Å². The SMILES string of the molecule is C=CCCCCCC1=NC=C[N+]1(CCN)CC(=O)[O-]. The number of quaternary nitrogens is 1. The highest BCUT2D eigenvalue weighted by Gasteiger charge is 2.34. The summed E-state index contributed by atoms with van der Waals surface area (Å²) in [6.07, 6.45) is 10.4. The molecule has 0 aromatic rings. The van der Waals surface area contributed by atoms with Crippen LogP contribution in [0.4, 0.5) is 0 Å². The van der Waals surface area contributed by atoms with Crippen molar-refractivity contribution in [3.8, 4) is 0 Å². The van der Waals surface area contributed by atoms with Gasteiger partial charge in [-0.25, -0.2) is 9.48 Å². The molecule has 0 saturated heterocycles. The van der Waals surface area contributed by atoms with Crippen LogP contribution in [0.15, 0.2) is 30.0 Å². The van der Waals surface area contributed by atoms with Crippen LogP contribution in [-0.4, -0.2) is 35.9 Å². The lowest BCUT2D eigenvalue weighted by Crippen LogP contribution is -2.55. The van der Waals surface area contributed by atoms with Crippen molar-refractivity contribution in [3.05, 3.63) is 25.1 Å². The van der Waals surface area contributed by atoms with Crippen LogP contribution in [0.5, 0.6) is 0 Å². The summed E-state index contributed by atoms with van der Waals surface area (Å²) in [6.45, 7) is 4.58. The largest absolute Gasteiger partial charge is 0.544 e. The minimum Gasteiger partial charge on any atom is -0.544 e. The molecule has 0 spiro atoms. The standard InChI is InChI=1S/C14H23N3O2/c1-2-3-4-5-6-7-13-16-9-11-17(13,10-8-15)12-14(18)19/h2,9,11H,1,3-8,10,12,15H2. The molecule has 1 rings (SSSR count). The van der Waals surface area contributed by atoms with Crippen molar-refractivity contribution in [2.45, 2.75) is 32.1 Å². The fraction of sp³-hybridized carbons (Fsp3) is 0.571. The number of unbranched alkanes of at least 4 members (excludes halogenated alkanes) is 3. The van der Waals surface area contributed by atoms with Gasteiger partial charge in [0.15, 0.2) is 0 Å². The first-order chi connectivity index (χ1) is 9.14. The van der Waals surface area contributed by atoms with E-state index >= 15 is 0 Å². The molecule has 1 atom stereocenters. The molecule has 1 aliphatic rings. The van der Waals surface area contributed by atoms with Gasteiger partial charge < -0.3 is 15.6 Å². The number of hydrogen-bond donors (Lipinski definition) is 1. The van der Waals surface area contributed by atoms with Crippen LogP contribution in [0, 0.1) is 0 Å². The van der Waals surface area contributed by atoms with E-state index in [0.29, 0.717) is 13.1 Å². The Morgan fingerprint density at radius 3 is 2.89 bits per heavy atom. The van der Waals surface area contributed by atoms with Gasteiger partial charge in [0.05, 0.1) is 12.2 Å². The van der Waals surface area contributed by atoms with Crippen molar-refractivity contribution in [1.82, 2.24) is 0 Å². The third-order valence-electron chi connectivity index (χ3n) is 3.34. The summed E-state index contributed by atoms with van der Waals surface area (Å²) < 4.78 is 0.223. The molecular weight excluding hydrogens is 242 g/mol. The zero-order valence-corrected chi connectivity index (χ0v) is 11.4. The number of aliphatic carboxylic acids is 1. The van der Waals surface area contributed by atoms with Gasteiger partial charge >= 0.3 is 0 Å². The van der Waals surface area contributed by atoms with Crippen LogP contribution in [-0.2, 0) is 4.79 Å². The predicted octanol–water partition coefficient (Wildman–Crippen LogP) is 0.532. The van der Waals surface area contributed by atoms with Crippen molar-refractivity contribution in [2.75, 3.05) is 19.6 Å². The maximum Gasteiger partial charge on any atom is 0.207 e. The Kier molecular flexibility index (Phi) is 6.45. The van der Waals surface area contributed by atoms with Crippen molar-refractivity contribution in [2.24, 2.45) is 10.7 Å². The second-order valence-electron chi connectivity index (χ2n) is 4.81. The molecule has 0 aliphatic carbocycles. The lowest BCUT2D eigenvalue weighted by atomic mass is 10.1. The molecule has 0 saturated carbocycles. The van der Waals surface area contributed by atoms with E-state index in [1.54, 1.807) is 6.20 Å². The number of nitrogens with two attached hydrogens (primary N) is 1. The van der Waals surface area contributed by atoms with Gasteiger partial charge in [-0.3, -0.25) is 0 Å². The van der Waals surface area contributed by atoms with Crippen molar-refractivity contribution < 1.29 is 14.4 Å². The summed E-state index contributed by atoms with van der Waals surface area (Å²) in [5.74, 6) is -0.187. The number of carboxylic acids is 1. The molecular formula is C14H23N3O2. The molecule has 2 N–H and O–H groups in total. The molecule has 0 fully saturated rings. The minimum atomic E-state index is -1.07. The maximum atomic E-state index is 10.9. The first kappa shape index (κ1) is 15.6. The van der Waals surface area contributed by atoms with Crippen LogP contribution < -0.4 is 10.8 Å². The fourth-order valence-electron chi connectivity index (χ4n) is 2.37. The summed E-state index contributed by atoms with van der Waals surface area (Å²) in [6, 6.07) is 0. The predicted molar refractivity (Wildman–Crippen MR) is 73.9 cm³/mol. The van der Waals surface area contributed by atoms with Crippen LogP contribution in [0.25, 0.3) is 0 Å². The topological polar surface area (TPSA) is 78.5 Å². The highest BCUT2D eigenvalue weighted by atomic mass is 16.4. The van der Waals surface area contributed by atoms with Crippen molar-refractivity contribution >= 4 is 11.8 Å². The summed E-state index contributed by atoms with van der Waals surface area (Å²) >= 11 is 0. The molecule has 1 aliphatic heterocycles. The summed E-state index contributed by atoms with van der Waals surface area (Å²) in [5, 5.41) is 10.9. The van der Waals surface area contributed by atoms with Gasteiger partial charge in [0, 0.05) is 13.0 Å². The second kappa shape index (κ2) is 7.86. The highest BCUT2D eigenvalue weighted by Crippen LogP contribution is 2.20. The van der Waals surface area contributed by atoms with E-state index in [-0.39, 0.29) is 11.0 Å². The Hall–Kier alpha value is -1.46. The van der Waals surface area contributed by atoms with Gasteiger partial charge in [-0.15, -0.1) is 6.58 Å². The van der Waals surface area contributed by atoms with E-state index in [1.165, 1.54) is 0 Å². The van der Waals surface area contributed by atoms with Gasteiger partial charge in [-0.05, 0) is 19.3 Å². The third-order valence-corrected chi connectivity index (χ3v) is 3.34. The molecule has 0 aromatic carbocycles. The van der Waals surface area contributed by atoms with E-state index in [9.17, 15) is 9.90 Å². The Labute approximate surface area is 114 Å². The smallest absolute Gasteiger partial charge is 0.207 e. The first-order valence-corrected chi connectivity index (χ1v) is 6.77. The molecule has 5 nitrogen and oxygen atoms in total. The molecule has 106 valence electrons. The molecule has 1 heterocycles. The Morgan fingerprint density at radius 1 is 1.47 bits per heavy atom. The number of nitrogens with zero attached hydrogens (tertiary/aromatic N) is 2. The van der Waals surface area contributed by atoms with Crippen LogP contribution >= 0.6 is 0 Å². The van der Waals surface area contributed by atoms with E-state index in [2.05, 4.69) is 11.6 Å². The second-order valence-corrected chi connectivity index (χ2v) is 4.81. The molecule has 19 heavy (non-hydrogen) atoms. The van der Waals surface area contributed by atoms with Gasteiger partial charge in [0.1, 0.15) is 19.3 Å². The zero-order chi connectivity index (χ0) is 14.1. The maximum absolute atomic E-state index is 10.9. The summed E-state index contributed by atoms with van der Waals surface area (Å²) in [7, 11) is 0. The fourth-order valence-corrected chi connectivity index (χ4v) is 2.37. The van der Waals surface area contributed by atoms with E-state index < -0.39 is 5.97 Å². The van der Waals surface area contributed by atoms with E-state index in [4.69, 9.17) is 5.73 Å². The van der Waals surface area contributed by atoms with Crippen molar-refractivity contribution in [3.63, 3.8) is 0 Å². The Bertz CT molecular complexity index is 377.